The Kier molecular flexibility index (Phi) is 5.31. The zero-order valence-electron chi connectivity index (χ0n) is 15.8. The van der Waals surface area contributed by atoms with Gasteiger partial charge in [0.2, 0.25) is 12.7 Å². The molecule has 0 atom stereocenters. The first-order valence-electron chi connectivity index (χ1n) is 9.17. The highest BCUT2D eigenvalue weighted by molar-refractivity contribution is 7.99. The molecular weight excluding hydrogens is 458 g/mol. The molecule has 3 heterocycles. The Bertz CT molecular complexity index is 1350. The van der Waals surface area contributed by atoms with E-state index in [4.69, 9.17) is 21.1 Å². The molecular formula is C21H14ClN3O4S2. The fourth-order valence-electron chi connectivity index (χ4n) is 3.11. The summed E-state index contributed by atoms with van der Waals surface area (Å²) in [7, 11) is 0. The van der Waals surface area contributed by atoms with Crippen LogP contribution in [-0.2, 0) is 4.79 Å². The average Bonchev–Trinajstić information content (AvgIpc) is 3.42. The van der Waals surface area contributed by atoms with Gasteiger partial charge in [0.25, 0.3) is 5.56 Å². The molecule has 4 aromatic rings. The number of ether oxygens (including phenoxy) is 2. The van der Waals surface area contributed by atoms with Gasteiger partial charge in [0.15, 0.2) is 16.7 Å². The number of hydrogen-bond acceptors (Lipinski definition) is 7. The summed E-state index contributed by atoms with van der Waals surface area (Å²) in [5.74, 6) is 1.08. The van der Waals surface area contributed by atoms with Crippen LogP contribution in [0.2, 0.25) is 5.02 Å². The minimum Gasteiger partial charge on any atom is -0.454 e. The number of nitrogens with zero attached hydrogens (tertiary/aromatic N) is 2. The van der Waals surface area contributed by atoms with Gasteiger partial charge >= 0.3 is 0 Å². The lowest BCUT2D eigenvalue weighted by Crippen LogP contribution is -2.22. The quantitative estimate of drug-likeness (QED) is 0.339. The lowest BCUT2D eigenvalue weighted by atomic mass is 10.3. The summed E-state index contributed by atoms with van der Waals surface area (Å²) in [6, 6.07) is 13.9. The number of hydrogen-bond donors (Lipinski definition) is 1. The third kappa shape index (κ3) is 3.99. The molecule has 2 aromatic carbocycles. The number of aromatic nitrogens is 2. The average molecular weight is 472 g/mol. The SMILES string of the molecule is O=C(CSc1nc2ccsc2c(=O)n1-c1ccc(Cl)cc1)Nc1ccc2c(c1)OCO2. The van der Waals surface area contributed by atoms with Crippen molar-refractivity contribution < 1.29 is 14.3 Å². The number of amides is 1. The smallest absolute Gasteiger partial charge is 0.276 e. The van der Waals surface area contributed by atoms with E-state index >= 15 is 0 Å². The molecule has 1 aliphatic heterocycles. The summed E-state index contributed by atoms with van der Waals surface area (Å²) in [6.45, 7) is 0.168. The van der Waals surface area contributed by atoms with Crippen LogP contribution in [-0.4, -0.2) is 28.0 Å². The first-order valence-corrected chi connectivity index (χ1v) is 11.4. The predicted molar refractivity (Wildman–Crippen MR) is 122 cm³/mol. The van der Waals surface area contributed by atoms with Gasteiger partial charge in [0.05, 0.1) is 17.0 Å². The second kappa shape index (κ2) is 8.26. The molecule has 2 aromatic heterocycles. The molecule has 1 aliphatic rings. The van der Waals surface area contributed by atoms with E-state index in [-0.39, 0.29) is 24.0 Å². The van der Waals surface area contributed by atoms with Crippen LogP contribution in [0, 0.1) is 0 Å². The maximum Gasteiger partial charge on any atom is 0.276 e. The molecule has 156 valence electrons. The number of thioether (sulfide) groups is 1. The minimum atomic E-state index is -0.230. The van der Waals surface area contributed by atoms with Crippen molar-refractivity contribution in [3.63, 3.8) is 0 Å². The molecule has 0 radical (unpaired) electrons. The van der Waals surface area contributed by atoms with E-state index in [0.717, 1.165) is 0 Å². The van der Waals surface area contributed by atoms with Crippen LogP contribution in [0.3, 0.4) is 0 Å². The number of rotatable bonds is 5. The van der Waals surface area contributed by atoms with E-state index in [1.54, 1.807) is 48.5 Å². The van der Waals surface area contributed by atoms with Crippen molar-refractivity contribution in [2.45, 2.75) is 5.16 Å². The van der Waals surface area contributed by atoms with Crippen molar-refractivity contribution in [2.75, 3.05) is 17.9 Å². The van der Waals surface area contributed by atoms with Crippen LogP contribution in [0.25, 0.3) is 15.9 Å². The molecule has 0 saturated carbocycles. The van der Waals surface area contributed by atoms with E-state index < -0.39 is 0 Å². The van der Waals surface area contributed by atoms with Crippen LogP contribution in [0.15, 0.2) is 63.9 Å². The maximum absolute atomic E-state index is 13.1. The summed E-state index contributed by atoms with van der Waals surface area (Å²) in [6.07, 6.45) is 0. The van der Waals surface area contributed by atoms with E-state index in [2.05, 4.69) is 10.3 Å². The Morgan fingerprint density at radius 3 is 2.81 bits per heavy atom. The zero-order chi connectivity index (χ0) is 21.4. The Morgan fingerprint density at radius 2 is 1.97 bits per heavy atom. The van der Waals surface area contributed by atoms with Crippen LogP contribution < -0.4 is 20.3 Å². The molecule has 0 unspecified atom stereocenters. The molecule has 0 aliphatic carbocycles. The Morgan fingerprint density at radius 1 is 1.16 bits per heavy atom. The third-order valence-corrected chi connectivity index (χ3v) is 6.60. The van der Waals surface area contributed by atoms with Gasteiger partial charge in [-0.15, -0.1) is 11.3 Å². The lowest BCUT2D eigenvalue weighted by molar-refractivity contribution is -0.113. The number of nitrogens with one attached hydrogen (secondary N) is 1. The van der Waals surface area contributed by atoms with E-state index in [1.807, 2.05) is 5.38 Å². The summed E-state index contributed by atoms with van der Waals surface area (Å²) in [5.41, 5.74) is 1.67. The zero-order valence-corrected chi connectivity index (χ0v) is 18.2. The Labute approximate surface area is 189 Å². The predicted octanol–water partition coefficient (Wildman–Crippen LogP) is 4.56. The fourth-order valence-corrected chi connectivity index (χ4v) is 4.81. The lowest BCUT2D eigenvalue weighted by Gasteiger charge is -2.12. The van der Waals surface area contributed by atoms with Crippen molar-refractivity contribution >= 4 is 56.5 Å². The number of anilines is 1. The molecule has 1 N–H and O–H groups in total. The Balaban J connectivity index is 1.40. The van der Waals surface area contributed by atoms with Crippen molar-refractivity contribution in [1.82, 2.24) is 9.55 Å². The van der Waals surface area contributed by atoms with Gasteiger partial charge in [0, 0.05) is 16.8 Å². The highest BCUT2D eigenvalue weighted by Gasteiger charge is 2.17. The first-order chi connectivity index (χ1) is 15.1. The molecule has 0 fully saturated rings. The second-order valence-electron chi connectivity index (χ2n) is 6.55. The third-order valence-electron chi connectivity index (χ3n) is 4.52. The summed E-state index contributed by atoms with van der Waals surface area (Å²) >= 11 is 8.52. The largest absolute Gasteiger partial charge is 0.454 e. The summed E-state index contributed by atoms with van der Waals surface area (Å²) < 4.78 is 12.7. The molecule has 1 amide bonds. The van der Waals surface area contributed by atoms with Crippen molar-refractivity contribution in [1.29, 1.82) is 0 Å². The standard InChI is InChI=1S/C21H14ClN3O4S2/c22-12-1-4-14(5-2-12)25-20(27)19-15(7-8-30-19)24-21(25)31-10-18(26)23-13-3-6-16-17(9-13)29-11-28-16/h1-9H,10-11H2,(H,23,26). The second-order valence-corrected chi connectivity index (χ2v) is 8.85. The highest BCUT2D eigenvalue weighted by Crippen LogP contribution is 2.34. The van der Waals surface area contributed by atoms with E-state index in [9.17, 15) is 9.59 Å². The minimum absolute atomic E-state index is 0.0735. The van der Waals surface area contributed by atoms with Crippen LogP contribution in [0.5, 0.6) is 11.5 Å². The van der Waals surface area contributed by atoms with Crippen molar-refractivity contribution in [3.05, 3.63) is 69.3 Å². The number of carbonyl (C=O) groups excluding carboxylic acids is 1. The Hall–Kier alpha value is -3.01. The first kappa shape index (κ1) is 19.9. The van der Waals surface area contributed by atoms with Gasteiger partial charge in [-0.05, 0) is 47.8 Å². The number of benzene rings is 2. The van der Waals surface area contributed by atoms with Crippen LogP contribution >= 0.6 is 34.7 Å². The van der Waals surface area contributed by atoms with Crippen molar-refractivity contribution in [2.24, 2.45) is 0 Å². The highest BCUT2D eigenvalue weighted by atomic mass is 35.5. The summed E-state index contributed by atoms with van der Waals surface area (Å²) in [4.78, 5) is 30.3. The van der Waals surface area contributed by atoms with Crippen LogP contribution in [0.1, 0.15) is 0 Å². The van der Waals surface area contributed by atoms with Gasteiger partial charge in [-0.25, -0.2) is 4.98 Å². The molecule has 31 heavy (non-hydrogen) atoms. The van der Waals surface area contributed by atoms with Gasteiger partial charge in [0.1, 0.15) is 4.70 Å². The number of fused-ring (bicyclic) bond motifs is 2. The van der Waals surface area contributed by atoms with Crippen molar-refractivity contribution in [3.8, 4) is 17.2 Å². The van der Waals surface area contributed by atoms with E-state index in [1.165, 1.54) is 27.7 Å². The number of halogens is 1. The monoisotopic (exact) mass is 471 g/mol. The van der Waals surface area contributed by atoms with Gasteiger partial charge < -0.3 is 14.8 Å². The summed E-state index contributed by atoms with van der Waals surface area (Å²) in [5, 5.41) is 5.65. The van der Waals surface area contributed by atoms with Gasteiger partial charge in [-0.1, -0.05) is 23.4 Å². The maximum atomic E-state index is 13.1. The van der Waals surface area contributed by atoms with Crippen LogP contribution in [0.4, 0.5) is 5.69 Å². The molecule has 0 bridgehead atoms. The number of carbonyl (C=O) groups is 1. The van der Waals surface area contributed by atoms with Gasteiger partial charge in [-0.2, -0.15) is 0 Å². The molecule has 7 nitrogen and oxygen atoms in total. The molecule has 10 heteroatoms. The fraction of sp³-hybridized carbons (Fsp3) is 0.0952. The molecule has 5 rings (SSSR count). The van der Waals surface area contributed by atoms with E-state index in [0.29, 0.717) is 43.3 Å². The topological polar surface area (TPSA) is 82.5 Å². The number of thiophene rings is 1. The molecule has 0 spiro atoms. The van der Waals surface area contributed by atoms with Gasteiger partial charge in [-0.3, -0.25) is 14.2 Å². The normalized spacial score (nSPS) is 12.3. The molecule has 0 saturated heterocycles.